The zero-order chi connectivity index (χ0) is 12.3. The molecule has 8 heteroatoms. The van der Waals surface area contributed by atoms with Crippen LogP contribution in [0.1, 0.15) is 17.6 Å². The van der Waals surface area contributed by atoms with Gasteiger partial charge in [0.2, 0.25) is 5.88 Å². The lowest BCUT2D eigenvalue weighted by molar-refractivity contribution is -0.387. The second-order valence-corrected chi connectivity index (χ2v) is 2.77. The minimum atomic E-state index is -3.10. The average Bonchev–Trinajstić information content (AvgIpc) is 2.26. The predicted octanol–water partition coefficient (Wildman–Crippen LogP) is 1.43. The number of methoxy groups -OCH3 is 1. The summed E-state index contributed by atoms with van der Waals surface area (Å²) in [7, 11) is 1.08. The van der Waals surface area contributed by atoms with E-state index in [9.17, 15) is 18.9 Å². The Kier molecular flexibility index (Phi) is 3.67. The Balaban J connectivity index is 3.53. The average molecular weight is 234 g/mol. The molecule has 0 fully saturated rings. The molecule has 1 aromatic heterocycles. The number of aliphatic hydroxyl groups is 1. The monoisotopic (exact) mass is 234 g/mol. The van der Waals surface area contributed by atoms with Crippen LogP contribution >= 0.6 is 0 Å². The molecular weight excluding hydrogens is 226 g/mol. The van der Waals surface area contributed by atoms with E-state index >= 15 is 0 Å². The van der Waals surface area contributed by atoms with Crippen molar-refractivity contribution in [2.24, 2.45) is 0 Å². The molecule has 0 aliphatic rings. The van der Waals surface area contributed by atoms with E-state index < -0.39 is 35.1 Å². The van der Waals surface area contributed by atoms with Gasteiger partial charge in [-0.2, -0.15) is 0 Å². The number of pyridine rings is 1. The van der Waals surface area contributed by atoms with Crippen LogP contribution in [0.25, 0.3) is 0 Å². The Hall–Kier alpha value is -1.83. The highest BCUT2D eigenvalue weighted by molar-refractivity contribution is 5.51. The molecule has 6 nitrogen and oxygen atoms in total. The molecule has 0 saturated heterocycles. The first-order chi connectivity index (χ1) is 7.52. The highest BCUT2D eigenvalue weighted by Gasteiger charge is 2.30. The van der Waals surface area contributed by atoms with E-state index in [0.29, 0.717) is 0 Å². The quantitative estimate of drug-likeness (QED) is 0.629. The third-order valence-corrected chi connectivity index (χ3v) is 1.89. The fraction of sp³-hybridized carbons (Fsp3) is 0.375. The Morgan fingerprint density at radius 2 is 2.31 bits per heavy atom. The molecule has 0 amide bonds. The Morgan fingerprint density at radius 1 is 1.69 bits per heavy atom. The molecule has 0 unspecified atom stereocenters. The van der Waals surface area contributed by atoms with Gasteiger partial charge in [0, 0.05) is 6.20 Å². The van der Waals surface area contributed by atoms with E-state index in [1.54, 1.807) is 0 Å². The van der Waals surface area contributed by atoms with Crippen molar-refractivity contribution in [3.05, 3.63) is 27.4 Å². The third kappa shape index (κ3) is 2.06. The SMILES string of the molecule is COc1ncc(CO)c([N+](=O)[O-])c1C(F)F. The fourth-order valence-corrected chi connectivity index (χ4v) is 1.23. The van der Waals surface area contributed by atoms with Gasteiger partial charge in [0.1, 0.15) is 0 Å². The van der Waals surface area contributed by atoms with Crippen molar-refractivity contribution in [3.8, 4) is 5.88 Å². The van der Waals surface area contributed by atoms with Crippen LogP contribution in [0.5, 0.6) is 5.88 Å². The van der Waals surface area contributed by atoms with E-state index in [2.05, 4.69) is 9.72 Å². The standard InChI is InChI=1S/C8H8F2N2O4/c1-16-8-5(7(9)10)6(12(14)15)4(3-13)2-11-8/h2,7,13H,3H2,1H3. The molecule has 16 heavy (non-hydrogen) atoms. The van der Waals surface area contributed by atoms with Gasteiger partial charge in [-0.05, 0) is 0 Å². The number of nitrogens with zero attached hydrogens (tertiary/aromatic N) is 2. The zero-order valence-corrected chi connectivity index (χ0v) is 8.18. The summed E-state index contributed by atoms with van der Waals surface area (Å²) in [5.74, 6) is -0.515. The van der Waals surface area contributed by atoms with Crippen molar-refractivity contribution in [1.29, 1.82) is 0 Å². The van der Waals surface area contributed by atoms with Gasteiger partial charge in [0.25, 0.3) is 12.1 Å². The molecule has 1 aromatic rings. The molecule has 1 N–H and O–H groups in total. The maximum absolute atomic E-state index is 12.6. The molecule has 1 rings (SSSR count). The Bertz CT molecular complexity index is 411. The molecule has 0 aromatic carbocycles. The maximum atomic E-state index is 12.6. The molecule has 0 aliphatic heterocycles. The lowest BCUT2D eigenvalue weighted by atomic mass is 10.1. The van der Waals surface area contributed by atoms with E-state index in [4.69, 9.17) is 5.11 Å². The Labute approximate surface area is 88.6 Å². The van der Waals surface area contributed by atoms with Crippen LogP contribution in [0.3, 0.4) is 0 Å². The molecular formula is C8H8F2N2O4. The lowest BCUT2D eigenvalue weighted by Gasteiger charge is -2.09. The van der Waals surface area contributed by atoms with Crippen molar-refractivity contribution in [2.75, 3.05) is 7.11 Å². The molecule has 0 aliphatic carbocycles. The second-order valence-electron chi connectivity index (χ2n) is 2.77. The van der Waals surface area contributed by atoms with E-state index in [0.717, 1.165) is 13.3 Å². The lowest BCUT2D eigenvalue weighted by Crippen LogP contribution is -2.05. The molecule has 0 saturated carbocycles. The number of hydrogen-bond acceptors (Lipinski definition) is 5. The number of aromatic nitrogens is 1. The minimum Gasteiger partial charge on any atom is -0.480 e. The van der Waals surface area contributed by atoms with E-state index in [-0.39, 0.29) is 5.56 Å². The highest BCUT2D eigenvalue weighted by atomic mass is 19.3. The van der Waals surface area contributed by atoms with Crippen molar-refractivity contribution in [3.63, 3.8) is 0 Å². The van der Waals surface area contributed by atoms with Gasteiger partial charge in [0.05, 0.1) is 24.2 Å². The van der Waals surface area contributed by atoms with Crippen molar-refractivity contribution >= 4 is 5.69 Å². The first-order valence-electron chi connectivity index (χ1n) is 4.12. The van der Waals surface area contributed by atoms with Crippen molar-refractivity contribution in [2.45, 2.75) is 13.0 Å². The van der Waals surface area contributed by atoms with Crippen LogP contribution in [0, 0.1) is 10.1 Å². The first kappa shape index (κ1) is 12.2. The molecule has 0 radical (unpaired) electrons. The van der Waals surface area contributed by atoms with Gasteiger partial charge < -0.3 is 9.84 Å². The minimum absolute atomic E-state index is 0.277. The summed E-state index contributed by atoms with van der Waals surface area (Å²) in [5, 5.41) is 19.5. The van der Waals surface area contributed by atoms with Gasteiger partial charge in [-0.25, -0.2) is 13.8 Å². The second kappa shape index (κ2) is 4.79. The fourth-order valence-electron chi connectivity index (χ4n) is 1.23. The van der Waals surface area contributed by atoms with Crippen LogP contribution in [-0.4, -0.2) is 22.1 Å². The number of hydrogen-bond donors (Lipinski definition) is 1. The molecule has 0 bridgehead atoms. The van der Waals surface area contributed by atoms with Crippen molar-refractivity contribution < 1.29 is 23.5 Å². The maximum Gasteiger partial charge on any atom is 0.290 e. The summed E-state index contributed by atoms with van der Waals surface area (Å²) in [4.78, 5) is 13.1. The summed E-state index contributed by atoms with van der Waals surface area (Å²) in [6.07, 6.45) is -2.17. The smallest absolute Gasteiger partial charge is 0.290 e. The van der Waals surface area contributed by atoms with E-state index in [1.165, 1.54) is 0 Å². The largest absolute Gasteiger partial charge is 0.480 e. The number of aliphatic hydroxyl groups excluding tert-OH is 1. The summed E-state index contributed by atoms with van der Waals surface area (Å²) >= 11 is 0. The molecule has 0 atom stereocenters. The molecule has 1 heterocycles. The van der Waals surface area contributed by atoms with Crippen LogP contribution in [0.4, 0.5) is 14.5 Å². The van der Waals surface area contributed by atoms with Gasteiger partial charge in [-0.15, -0.1) is 0 Å². The summed E-state index contributed by atoms with van der Waals surface area (Å²) in [6.45, 7) is -0.743. The molecule has 0 spiro atoms. The number of halogens is 2. The van der Waals surface area contributed by atoms with E-state index in [1.807, 2.05) is 0 Å². The summed E-state index contributed by atoms with van der Waals surface area (Å²) in [5.41, 5.74) is -2.05. The number of alkyl halides is 2. The number of ether oxygens (including phenoxy) is 1. The Morgan fingerprint density at radius 3 is 2.69 bits per heavy atom. The van der Waals surface area contributed by atoms with Crippen LogP contribution in [-0.2, 0) is 6.61 Å². The van der Waals surface area contributed by atoms with Crippen LogP contribution in [0.15, 0.2) is 6.20 Å². The predicted molar refractivity (Wildman–Crippen MR) is 48.3 cm³/mol. The highest BCUT2D eigenvalue weighted by Crippen LogP contribution is 2.37. The van der Waals surface area contributed by atoms with Gasteiger partial charge >= 0.3 is 0 Å². The topological polar surface area (TPSA) is 85.5 Å². The normalized spacial score (nSPS) is 10.6. The molecule has 88 valence electrons. The van der Waals surface area contributed by atoms with Crippen molar-refractivity contribution in [1.82, 2.24) is 4.98 Å². The number of nitro groups is 1. The third-order valence-electron chi connectivity index (χ3n) is 1.89. The van der Waals surface area contributed by atoms with Crippen LogP contribution < -0.4 is 4.74 Å². The van der Waals surface area contributed by atoms with Gasteiger partial charge in [-0.1, -0.05) is 0 Å². The van der Waals surface area contributed by atoms with Crippen LogP contribution in [0.2, 0.25) is 0 Å². The first-order valence-corrected chi connectivity index (χ1v) is 4.12. The zero-order valence-electron chi connectivity index (χ0n) is 8.18. The summed E-state index contributed by atoms with van der Waals surface area (Å²) < 4.78 is 29.8. The summed E-state index contributed by atoms with van der Waals surface area (Å²) in [6, 6.07) is 0. The van der Waals surface area contributed by atoms with Gasteiger partial charge in [-0.3, -0.25) is 10.1 Å². The number of rotatable bonds is 4. The van der Waals surface area contributed by atoms with Gasteiger partial charge in [0.15, 0.2) is 5.56 Å².